The van der Waals surface area contributed by atoms with Crippen molar-refractivity contribution in [2.45, 2.75) is 24.3 Å². The van der Waals surface area contributed by atoms with E-state index < -0.39 is 13.0 Å². The predicted octanol–water partition coefficient (Wildman–Crippen LogP) is 4.31. The molecule has 2 rings (SSSR count). The summed E-state index contributed by atoms with van der Waals surface area (Å²) in [5.74, 6) is 1.29. The van der Waals surface area contributed by atoms with Crippen molar-refractivity contribution in [3.05, 3.63) is 60.2 Å². The topological polar surface area (TPSA) is 50.4 Å². The molecule has 7 heteroatoms. The van der Waals surface area contributed by atoms with E-state index in [4.69, 9.17) is 4.74 Å². The molecule has 26 heavy (non-hydrogen) atoms. The monoisotopic (exact) mass is 380 g/mol. The van der Waals surface area contributed by atoms with Crippen LogP contribution in [0.2, 0.25) is 0 Å². The third-order valence-corrected chi connectivity index (χ3v) is 4.44. The van der Waals surface area contributed by atoms with Gasteiger partial charge in [0.15, 0.2) is 0 Å². The number of hydrogen-bond acceptors (Lipinski definition) is 3. The minimum Gasteiger partial charge on any atom is -0.488 e. The maximum absolute atomic E-state index is 12.2. The van der Waals surface area contributed by atoms with E-state index in [2.05, 4.69) is 22.8 Å². The molecule has 140 valence electrons. The highest BCUT2D eigenvalue weighted by atomic mass is 32.2. The lowest BCUT2D eigenvalue weighted by atomic mass is 10.2. The van der Waals surface area contributed by atoms with Crippen LogP contribution in [0.15, 0.2) is 59.5 Å². The number of carbonyl (C=O) groups excluding carboxylic acids is 1. The Morgan fingerprint density at radius 3 is 2.65 bits per heavy atom. The van der Waals surface area contributed by atoms with Gasteiger partial charge in [0.1, 0.15) is 12.4 Å². The molecular weight excluding hydrogens is 358 g/mol. The molecule has 0 heterocycles. The van der Waals surface area contributed by atoms with Gasteiger partial charge in [0, 0.05) is 18.0 Å². The van der Waals surface area contributed by atoms with Gasteiger partial charge < -0.3 is 15.4 Å². The molecular formula is C19H22F2N2O2S. The molecule has 0 aliphatic rings. The van der Waals surface area contributed by atoms with Gasteiger partial charge in [-0.3, -0.25) is 0 Å². The van der Waals surface area contributed by atoms with E-state index >= 15 is 0 Å². The smallest absolute Gasteiger partial charge is 0.315 e. The quantitative estimate of drug-likeness (QED) is 0.477. The number of carbonyl (C=O) groups is 1. The molecule has 2 amide bonds. The molecule has 0 bridgehead atoms. The number of halogens is 2. The number of thioether (sulfide) groups is 1. The van der Waals surface area contributed by atoms with Crippen LogP contribution in [-0.2, 0) is 6.54 Å². The zero-order chi connectivity index (χ0) is 18.6. The standard InChI is InChI=1S/C19H22F2N2O2S/c20-18(21)14-25-16-7-4-6-15(12-16)13-23-19(24)22-10-5-11-26-17-8-2-1-3-9-17/h1-4,6-9,12,18H,5,10-11,13-14H2,(H2,22,23,24). The number of amides is 2. The molecule has 2 N–H and O–H groups in total. The summed E-state index contributed by atoms with van der Waals surface area (Å²) in [6, 6.07) is 16.6. The van der Waals surface area contributed by atoms with Gasteiger partial charge in [-0.25, -0.2) is 13.6 Å². The van der Waals surface area contributed by atoms with Gasteiger partial charge in [-0.1, -0.05) is 30.3 Å². The van der Waals surface area contributed by atoms with Crippen molar-refractivity contribution in [3.8, 4) is 5.75 Å². The second kappa shape index (κ2) is 11.4. The maximum Gasteiger partial charge on any atom is 0.315 e. The van der Waals surface area contributed by atoms with E-state index in [0.29, 0.717) is 18.8 Å². The van der Waals surface area contributed by atoms with Crippen LogP contribution in [0, 0.1) is 0 Å². The summed E-state index contributed by atoms with van der Waals surface area (Å²) in [6.07, 6.45) is -1.65. The molecule has 0 saturated carbocycles. The highest BCUT2D eigenvalue weighted by Crippen LogP contribution is 2.17. The van der Waals surface area contributed by atoms with Crippen LogP contribution < -0.4 is 15.4 Å². The Kier molecular flexibility index (Phi) is 8.75. The number of ether oxygens (including phenoxy) is 1. The van der Waals surface area contributed by atoms with Gasteiger partial charge in [-0.05, 0) is 42.0 Å². The fraction of sp³-hybridized carbons (Fsp3) is 0.316. The van der Waals surface area contributed by atoms with Crippen LogP contribution in [-0.4, -0.2) is 31.4 Å². The number of rotatable bonds is 10. The molecule has 0 aliphatic carbocycles. The lowest BCUT2D eigenvalue weighted by Gasteiger charge is -2.10. The zero-order valence-corrected chi connectivity index (χ0v) is 15.1. The van der Waals surface area contributed by atoms with Crippen LogP contribution in [0.1, 0.15) is 12.0 Å². The molecule has 0 aliphatic heterocycles. The minimum absolute atomic E-state index is 0.256. The van der Waals surface area contributed by atoms with Crippen molar-refractivity contribution in [2.75, 3.05) is 18.9 Å². The molecule has 0 spiro atoms. The summed E-state index contributed by atoms with van der Waals surface area (Å²) in [4.78, 5) is 13.0. The van der Waals surface area contributed by atoms with Crippen molar-refractivity contribution in [1.82, 2.24) is 10.6 Å². The van der Waals surface area contributed by atoms with E-state index in [1.54, 1.807) is 36.0 Å². The number of benzene rings is 2. The summed E-state index contributed by atoms with van der Waals surface area (Å²) in [6.45, 7) is 0.248. The highest BCUT2D eigenvalue weighted by Gasteiger charge is 2.05. The molecule has 4 nitrogen and oxygen atoms in total. The lowest BCUT2D eigenvalue weighted by molar-refractivity contribution is 0.0818. The zero-order valence-electron chi connectivity index (χ0n) is 14.3. The first-order valence-corrected chi connectivity index (χ1v) is 9.31. The Labute approximate surface area is 156 Å². The average Bonchev–Trinajstić information content (AvgIpc) is 2.65. The lowest BCUT2D eigenvalue weighted by Crippen LogP contribution is -2.35. The Morgan fingerprint density at radius 2 is 1.88 bits per heavy atom. The first-order chi connectivity index (χ1) is 12.6. The largest absolute Gasteiger partial charge is 0.488 e. The summed E-state index contributed by atoms with van der Waals surface area (Å²) in [7, 11) is 0. The highest BCUT2D eigenvalue weighted by molar-refractivity contribution is 7.99. The third-order valence-electron chi connectivity index (χ3n) is 3.35. The van der Waals surface area contributed by atoms with Crippen molar-refractivity contribution in [1.29, 1.82) is 0 Å². The molecule has 0 unspecified atom stereocenters. The summed E-state index contributed by atoms with van der Waals surface area (Å²) in [5.41, 5.74) is 0.784. The summed E-state index contributed by atoms with van der Waals surface area (Å²) in [5, 5.41) is 5.54. The van der Waals surface area contributed by atoms with E-state index in [1.807, 2.05) is 18.2 Å². The van der Waals surface area contributed by atoms with Crippen molar-refractivity contribution < 1.29 is 18.3 Å². The van der Waals surface area contributed by atoms with Crippen LogP contribution in [0.3, 0.4) is 0 Å². The molecule has 0 radical (unpaired) electrons. The van der Waals surface area contributed by atoms with Crippen LogP contribution in [0.5, 0.6) is 5.75 Å². The van der Waals surface area contributed by atoms with E-state index in [0.717, 1.165) is 17.7 Å². The Morgan fingerprint density at radius 1 is 1.08 bits per heavy atom. The summed E-state index contributed by atoms with van der Waals surface area (Å²) >= 11 is 1.75. The van der Waals surface area contributed by atoms with Gasteiger partial charge in [0.2, 0.25) is 0 Å². The summed E-state index contributed by atoms with van der Waals surface area (Å²) < 4.78 is 29.3. The predicted molar refractivity (Wildman–Crippen MR) is 100.0 cm³/mol. The van der Waals surface area contributed by atoms with E-state index in [-0.39, 0.29) is 6.03 Å². The van der Waals surface area contributed by atoms with Crippen molar-refractivity contribution >= 4 is 17.8 Å². The molecule has 0 aromatic heterocycles. The van der Waals surface area contributed by atoms with E-state index in [9.17, 15) is 13.6 Å². The first kappa shape index (κ1) is 20.0. The van der Waals surface area contributed by atoms with Gasteiger partial charge in [0.25, 0.3) is 6.43 Å². The second-order valence-corrected chi connectivity index (χ2v) is 6.64. The SMILES string of the molecule is O=C(NCCCSc1ccccc1)NCc1cccc(OCC(F)F)c1. The number of alkyl halides is 2. The Bertz CT molecular complexity index is 672. The minimum atomic E-state index is -2.51. The normalized spacial score (nSPS) is 10.6. The van der Waals surface area contributed by atoms with Crippen LogP contribution in [0.4, 0.5) is 13.6 Å². The fourth-order valence-corrected chi connectivity index (χ4v) is 3.00. The number of nitrogens with one attached hydrogen (secondary N) is 2. The number of urea groups is 1. The maximum atomic E-state index is 12.2. The van der Waals surface area contributed by atoms with E-state index in [1.165, 1.54) is 4.90 Å². The van der Waals surface area contributed by atoms with Gasteiger partial charge >= 0.3 is 6.03 Å². The third kappa shape index (κ3) is 8.20. The van der Waals surface area contributed by atoms with Gasteiger partial charge in [0.05, 0.1) is 0 Å². The molecule has 0 fully saturated rings. The van der Waals surface area contributed by atoms with Crippen molar-refractivity contribution in [3.63, 3.8) is 0 Å². The fourth-order valence-electron chi connectivity index (χ4n) is 2.13. The van der Waals surface area contributed by atoms with Gasteiger partial charge in [-0.15, -0.1) is 11.8 Å². The molecule has 2 aromatic rings. The Balaban J connectivity index is 1.60. The molecule has 0 atom stereocenters. The van der Waals surface area contributed by atoms with Crippen LogP contribution in [0.25, 0.3) is 0 Å². The van der Waals surface area contributed by atoms with Gasteiger partial charge in [-0.2, -0.15) is 0 Å². The average molecular weight is 380 g/mol. The molecule has 0 saturated heterocycles. The Hall–Kier alpha value is -2.28. The van der Waals surface area contributed by atoms with Crippen molar-refractivity contribution in [2.24, 2.45) is 0 Å². The molecule has 2 aromatic carbocycles. The first-order valence-electron chi connectivity index (χ1n) is 8.33. The van der Waals surface area contributed by atoms with Crippen LogP contribution >= 0.6 is 11.8 Å². The number of hydrogen-bond donors (Lipinski definition) is 2. The second-order valence-electron chi connectivity index (χ2n) is 5.47.